The summed E-state index contributed by atoms with van der Waals surface area (Å²) in [5.74, 6) is 1.34. The second-order valence-corrected chi connectivity index (χ2v) is 7.50. The number of hydrogen-bond donors (Lipinski definition) is 1. The van der Waals surface area contributed by atoms with Gasteiger partial charge in [0.25, 0.3) is 0 Å². The first-order valence-corrected chi connectivity index (χ1v) is 10.1. The molecule has 1 heterocycles. The van der Waals surface area contributed by atoms with E-state index >= 15 is 0 Å². The molecule has 0 atom stereocenters. The van der Waals surface area contributed by atoms with E-state index < -0.39 is 0 Å². The van der Waals surface area contributed by atoms with Crippen LogP contribution < -0.4 is 14.8 Å². The molecule has 0 aliphatic carbocycles. The quantitative estimate of drug-likeness (QED) is 0.547. The van der Waals surface area contributed by atoms with Crippen LogP contribution in [-0.4, -0.2) is 30.1 Å². The van der Waals surface area contributed by atoms with E-state index in [9.17, 15) is 0 Å². The van der Waals surface area contributed by atoms with E-state index in [2.05, 4.69) is 5.32 Å². The van der Waals surface area contributed by atoms with E-state index in [1.807, 2.05) is 66.7 Å². The van der Waals surface area contributed by atoms with Gasteiger partial charge in [0.2, 0.25) is 0 Å². The molecule has 1 N–H and O–H groups in total. The molecule has 0 radical (unpaired) electrons. The van der Waals surface area contributed by atoms with Crippen molar-refractivity contribution >= 4 is 40.3 Å². The fraction of sp³-hybridized carbons (Fsp3) is 0.130. The highest BCUT2D eigenvalue weighted by Crippen LogP contribution is 2.29. The summed E-state index contributed by atoms with van der Waals surface area (Å²) in [4.78, 5) is 0. The summed E-state index contributed by atoms with van der Waals surface area (Å²) in [6.07, 6.45) is 0. The summed E-state index contributed by atoms with van der Waals surface area (Å²) in [7, 11) is 3.23. The summed E-state index contributed by atoms with van der Waals surface area (Å²) in [5.41, 5.74) is 4.63. The van der Waals surface area contributed by atoms with Crippen molar-refractivity contribution in [3.8, 4) is 11.5 Å². The first-order valence-electron chi connectivity index (χ1n) is 9.32. The van der Waals surface area contributed by atoms with Crippen LogP contribution in [0.4, 0.5) is 5.69 Å². The first-order chi connectivity index (χ1) is 14.6. The molecule has 0 aromatic heterocycles. The molecule has 0 bridgehead atoms. The maximum atomic E-state index is 6.09. The molecule has 0 saturated carbocycles. The Morgan fingerprint density at radius 1 is 0.967 bits per heavy atom. The molecule has 3 aromatic carbocycles. The zero-order chi connectivity index (χ0) is 21.1. The van der Waals surface area contributed by atoms with Gasteiger partial charge < -0.3 is 14.8 Å². The van der Waals surface area contributed by atoms with E-state index in [1.165, 1.54) is 0 Å². The van der Waals surface area contributed by atoms with Crippen LogP contribution in [0.25, 0.3) is 0 Å². The highest BCUT2D eigenvalue weighted by molar-refractivity contribution is 7.80. The van der Waals surface area contributed by atoms with E-state index in [0.29, 0.717) is 28.2 Å². The molecule has 5 nitrogen and oxygen atoms in total. The van der Waals surface area contributed by atoms with Gasteiger partial charge >= 0.3 is 0 Å². The zero-order valence-electron chi connectivity index (χ0n) is 16.6. The number of fused-ring (bicyclic) bond motifs is 1. The molecule has 0 spiro atoms. The molecule has 4 rings (SSSR count). The molecule has 30 heavy (non-hydrogen) atoms. The molecular weight excluding hydrogens is 418 g/mol. The van der Waals surface area contributed by atoms with Gasteiger partial charge in [-0.05, 0) is 48.1 Å². The standard InChI is InChI=1S/C23H20ClN3O2S/c1-28-20-12-7-15(13-21(20)29-2)14-27-23(30)25-19-6-4-3-5-18(19)22(26-27)16-8-10-17(24)11-9-16/h3-13H,14H2,1-2H3,(H,25,30). The number of hydrazone groups is 1. The zero-order valence-corrected chi connectivity index (χ0v) is 18.1. The second kappa shape index (κ2) is 8.73. The number of halogens is 1. The Bertz CT molecular complexity index is 1120. The summed E-state index contributed by atoms with van der Waals surface area (Å²) in [6.45, 7) is 0.470. The number of benzene rings is 3. The van der Waals surface area contributed by atoms with Crippen molar-refractivity contribution in [1.82, 2.24) is 5.01 Å². The third kappa shape index (κ3) is 4.10. The average Bonchev–Trinajstić information content (AvgIpc) is 2.90. The van der Waals surface area contributed by atoms with E-state index in [0.717, 1.165) is 28.1 Å². The maximum absolute atomic E-state index is 6.09. The van der Waals surface area contributed by atoms with Crippen molar-refractivity contribution < 1.29 is 9.47 Å². The van der Waals surface area contributed by atoms with Gasteiger partial charge in [0, 0.05) is 21.8 Å². The number of nitrogens with zero attached hydrogens (tertiary/aromatic N) is 2. The van der Waals surface area contributed by atoms with Crippen LogP contribution in [0.15, 0.2) is 71.8 Å². The highest BCUT2D eigenvalue weighted by atomic mass is 35.5. The van der Waals surface area contributed by atoms with Crippen molar-refractivity contribution in [2.75, 3.05) is 19.5 Å². The van der Waals surface area contributed by atoms with Crippen LogP contribution in [0.3, 0.4) is 0 Å². The first kappa shape index (κ1) is 20.2. The Labute approximate surface area is 185 Å². The van der Waals surface area contributed by atoms with Gasteiger partial charge in [0.15, 0.2) is 16.6 Å². The molecule has 1 aliphatic heterocycles. The smallest absolute Gasteiger partial charge is 0.194 e. The summed E-state index contributed by atoms with van der Waals surface area (Å²) >= 11 is 11.7. The third-order valence-corrected chi connectivity index (χ3v) is 5.34. The maximum Gasteiger partial charge on any atom is 0.194 e. The lowest BCUT2D eigenvalue weighted by molar-refractivity contribution is 0.353. The highest BCUT2D eigenvalue weighted by Gasteiger charge is 2.21. The van der Waals surface area contributed by atoms with Crippen molar-refractivity contribution in [3.05, 3.63) is 88.4 Å². The number of methoxy groups -OCH3 is 2. The van der Waals surface area contributed by atoms with Crippen LogP contribution in [0.1, 0.15) is 16.7 Å². The van der Waals surface area contributed by atoms with Crippen molar-refractivity contribution in [2.45, 2.75) is 6.54 Å². The van der Waals surface area contributed by atoms with Gasteiger partial charge in [-0.2, -0.15) is 5.10 Å². The Morgan fingerprint density at radius 2 is 1.70 bits per heavy atom. The van der Waals surface area contributed by atoms with Crippen molar-refractivity contribution in [2.24, 2.45) is 5.10 Å². The molecule has 3 aromatic rings. The van der Waals surface area contributed by atoms with Crippen LogP contribution >= 0.6 is 23.8 Å². The number of anilines is 1. The van der Waals surface area contributed by atoms with Gasteiger partial charge in [0.05, 0.1) is 20.8 Å². The molecule has 0 amide bonds. The number of nitrogens with one attached hydrogen (secondary N) is 1. The Balaban J connectivity index is 1.76. The minimum Gasteiger partial charge on any atom is -0.493 e. The SMILES string of the molecule is COc1ccc(CN2N=C(c3ccc(Cl)cc3)c3ccccc3NC2=S)cc1OC. The van der Waals surface area contributed by atoms with Gasteiger partial charge in [0.1, 0.15) is 5.71 Å². The van der Waals surface area contributed by atoms with Crippen LogP contribution in [-0.2, 0) is 6.54 Å². The number of ether oxygens (including phenoxy) is 2. The van der Waals surface area contributed by atoms with Crippen LogP contribution in [0.2, 0.25) is 5.02 Å². The second-order valence-electron chi connectivity index (χ2n) is 6.68. The van der Waals surface area contributed by atoms with E-state index in [-0.39, 0.29) is 0 Å². The molecule has 0 fully saturated rings. The number of hydrogen-bond acceptors (Lipinski definition) is 4. The summed E-state index contributed by atoms with van der Waals surface area (Å²) in [6, 6.07) is 21.4. The fourth-order valence-electron chi connectivity index (χ4n) is 3.28. The molecule has 1 aliphatic rings. The van der Waals surface area contributed by atoms with E-state index in [1.54, 1.807) is 19.2 Å². The van der Waals surface area contributed by atoms with Crippen LogP contribution in [0.5, 0.6) is 11.5 Å². The molecule has 152 valence electrons. The summed E-state index contributed by atoms with van der Waals surface area (Å²) < 4.78 is 10.8. The molecule has 0 saturated heterocycles. The third-order valence-electron chi connectivity index (χ3n) is 4.78. The normalized spacial score (nSPS) is 13.1. The molecule has 0 unspecified atom stereocenters. The van der Waals surface area contributed by atoms with Gasteiger partial charge in [-0.1, -0.05) is 48.0 Å². The van der Waals surface area contributed by atoms with Crippen molar-refractivity contribution in [1.29, 1.82) is 0 Å². The molecule has 7 heteroatoms. The fourth-order valence-corrected chi connectivity index (χ4v) is 3.62. The minimum atomic E-state index is 0.470. The largest absolute Gasteiger partial charge is 0.493 e. The number of thiocarbonyl (C=S) groups is 1. The van der Waals surface area contributed by atoms with Crippen molar-refractivity contribution in [3.63, 3.8) is 0 Å². The minimum absolute atomic E-state index is 0.470. The van der Waals surface area contributed by atoms with Crippen LogP contribution in [0, 0.1) is 0 Å². The topological polar surface area (TPSA) is 46.1 Å². The Kier molecular flexibility index (Phi) is 5.88. The van der Waals surface area contributed by atoms with Gasteiger partial charge in [-0.3, -0.25) is 0 Å². The Morgan fingerprint density at radius 3 is 2.43 bits per heavy atom. The Hall–Kier alpha value is -3.09. The number of rotatable bonds is 5. The molecular formula is C23H20ClN3O2S. The van der Waals surface area contributed by atoms with Gasteiger partial charge in [-0.25, -0.2) is 5.01 Å². The van der Waals surface area contributed by atoms with E-state index in [4.69, 9.17) is 38.4 Å². The monoisotopic (exact) mass is 437 g/mol. The van der Waals surface area contributed by atoms with Gasteiger partial charge in [-0.15, -0.1) is 0 Å². The average molecular weight is 438 g/mol. The predicted molar refractivity (Wildman–Crippen MR) is 125 cm³/mol. The lowest BCUT2D eigenvalue weighted by Crippen LogP contribution is -2.29. The lowest BCUT2D eigenvalue weighted by atomic mass is 10.0. The predicted octanol–water partition coefficient (Wildman–Crippen LogP) is 5.32. The number of para-hydroxylation sites is 1. The summed E-state index contributed by atoms with van der Waals surface area (Å²) in [5, 5.41) is 11.2. The lowest BCUT2D eigenvalue weighted by Gasteiger charge is -2.20.